The Morgan fingerprint density at radius 3 is 2.73 bits per heavy atom. The Morgan fingerprint density at radius 1 is 1.32 bits per heavy atom. The molecule has 0 bridgehead atoms. The van der Waals surface area contributed by atoms with E-state index in [1.165, 1.54) is 19.1 Å². The van der Waals surface area contributed by atoms with Gasteiger partial charge in [-0.05, 0) is 18.2 Å². The molecule has 0 atom stereocenters. The predicted molar refractivity (Wildman–Crippen MR) is 78.6 cm³/mol. The number of nitrogens with one attached hydrogen (secondary N) is 1. The summed E-state index contributed by atoms with van der Waals surface area (Å²) in [7, 11) is 0. The van der Waals surface area contributed by atoms with E-state index in [-0.39, 0.29) is 22.9 Å². The first-order valence-electron chi connectivity index (χ1n) is 6.23. The summed E-state index contributed by atoms with van der Waals surface area (Å²) in [6, 6.07) is 12.2. The standard InChI is InChI=1S/C15H11N3O4/c1-10(19)17-12-3-2-4-14(8-12)22-15-6-5-13(18(20)21)7-11(15)9-16/h2-8H,1H3,(H,17,19). The number of nitriles is 1. The van der Waals surface area contributed by atoms with E-state index in [0.717, 1.165) is 6.07 Å². The fourth-order valence-corrected chi connectivity index (χ4v) is 1.78. The number of nitro benzene ring substituents is 1. The second kappa shape index (κ2) is 6.37. The van der Waals surface area contributed by atoms with Gasteiger partial charge in [0, 0.05) is 30.8 Å². The lowest BCUT2D eigenvalue weighted by atomic mass is 10.2. The van der Waals surface area contributed by atoms with Crippen LogP contribution in [0.4, 0.5) is 11.4 Å². The zero-order valence-electron chi connectivity index (χ0n) is 11.6. The Bertz CT molecular complexity index is 781. The molecule has 0 fully saturated rings. The molecule has 110 valence electrons. The number of hydrogen-bond acceptors (Lipinski definition) is 5. The fourth-order valence-electron chi connectivity index (χ4n) is 1.78. The minimum atomic E-state index is -0.581. The number of rotatable bonds is 4. The Kier molecular flexibility index (Phi) is 4.34. The van der Waals surface area contributed by atoms with Crippen LogP contribution in [0.2, 0.25) is 0 Å². The van der Waals surface area contributed by atoms with Crippen LogP contribution in [0.3, 0.4) is 0 Å². The van der Waals surface area contributed by atoms with Gasteiger partial charge in [0.15, 0.2) is 0 Å². The monoisotopic (exact) mass is 297 g/mol. The van der Waals surface area contributed by atoms with Gasteiger partial charge in [0.2, 0.25) is 5.91 Å². The third-order valence-electron chi connectivity index (χ3n) is 2.68. The first-order chi connectivity index (χ1) is 10.5. The van der Waals surface area contributed by atoms with Crippen molar-refractivity contribution in [2.75, 3.05) is 5.32 Å². The van der Waals surface area contributed by atoms with Gasteiger partial charge in [-0.25, -0.2) is 0 Å². The van der Waals surface area contributed by atoms with Crippen LogP contribution in [-0.4, -0.2) is 10.8 Å². The first-order valence-corrected chi connectivity index (χ1v) is 6.23. The summed E-state index contributed by atoms with van der Waals surface area (Å²) < 4.78 is 5.56. The van der Waals surface area contributed by atoms with E-state index in [1.807, 2.05) is 6.07 Å². The SMILES string of the molecule is CC(=O)Nc1cccc(Oc2ccc([N+](=O)[O-])cc2C#N)c1. The molecule has 2 rings (SSSR count). The number of carbonyl (C=O) groups is 1. The van der Waals surface area contributed by atoms with E-state index in [9.17, 15) is 14.9 Å². The van der Waals surface area contributed by atoms with Crippen molar-refractivity contribution in [3.63, 3.8) is 0 Å². The summed E-state index contributed by atoms with van der Waals surface area (Å²) in [4.78, 5) is 21.1. The molecule has 1 N–H and O–H groups in total. The van der Waals surface area contributed by atoms with Crippen molar-refractivity contribution in [3.05, 3.63) is 58.1 Å². The van der Waals surface area contributed by atoms with Gasteiger partial charge < -0.3 is 10.1 Å². The van der Waals surface area contributed by atoms with Gasteiger partial charge in [-0.15, -0.1) is 0 Å². The number of nitrogens with zero attached hydrogens (tertiary/aromatic N) is 2. The number of benzene rings is 2. The summed E-state index contributed by atoms with van der Waals surface area (Å²) in [5, 5.41) is 22.4. The molecule has 0 heterocycles. The van der Waals surface area contributed by atoms with Crippen LogP contribution in [-0.2, 0) is 4.79 Å². The maximum atomic E-state index is 11.0. The highest BCUT2D eigenvalue weighted by Crippen LogP contribution is 2.29. The maximum Gasteiger partial charge on any atom is 0.271 e. The topological polar surface area (TPSA) is 105 Å². The molecule has 0 aliphatic rings. The summed E-state index contributed by atoms with van der Waals surface area (Å²) >= 11 is 0. The molecular weight excluding hydrogens is 286 g/mol. The average Bonchev–Trinajstić information content (AvgIpc) is 2.47. The molecule has 7 heteroatoms. The van der Waals surface area contributed by atoms with Gasteiger partial charge in [0.05, 0.1) is 4.92 Å². The highest BCUT2D eigenvalue weighted by molar-refractivity contribution is 5.88. The third-order valence-corrected chi connectivity index (χ3v) is 2.68. The van der Waals surface area contributed by atoms with E-state index < -0.39 is 4.92 Å². The molecule has 0 saturated carbocycles. The van der Waals surface area contributed by atoms with E-state index >= 15 is 0 Å². The molecule has 1 amide bonds. The Labute approximate surface area is 125 Å². The average molecular weight is 297 g/mol. The molecule has 0 aliphatic heterocycles. The largest absolute Gasteiger partial charge is 0.456 e. The molecule has 7 nitrogen and oxygen atoms in total. The zero-order valence-corrected chi connectivity index (χ0v) is 11.6. The normalized spacial score (nSPS) is 9.64. The number of amides is 1. The molecule has 0 saturated heterocycles. The van der Waals surface area contributed by atoms with Crippen LogP contribution in [0.15, 0.2) is 42.5 Å². The Balaban J connectivity index is 2.29. The van der Waals surface area contributed by atoms with Crippen LogP contribution < -0.4 is 10.1 Å². The van der Waals surface area contributed by atoms with Crippen molar-refractivity contribution in [1.82, 2.24) is 0 Å². The number of anilines is 1. The highest BCUT2D eigenvalue weighted by Gasteiger charge is 2.12. The lowest BCUT2D eigenvalue weighted by molar-refractivity contribution is -0.384. The summed E-state index contributed by atoms with van der Waals surface area (Å²) in [6.07, 6.45) is 0. The lowest BCUT2D eigenvalue weighted by Gasteiger charge is -2.09. The molecule has 22 heavy (non-hydrogen) atoms. The minimum absolute atomic E-state index is 0.0548. The number of nitro groups is 1. The van der Waals surface area contributed by atoms with E-state index in [2.05, 4.69) is 5.32 Å². The molecule has 0 radical (unpaired) electrons. The summed E-state index contributed by atoms with van der Waals surface area (Å²) in [5.41, 5.74) is 0.417. The van der Waals surface area contributed by atoms with Gasteiger partial charge >= 0.3 is 0 Å². The maximum absolute atomic E-state index is 11.0. The second-order valence-corrected chi connectivity index (χ2v) is 4.36. The van der Waals surface area contributed by atoms with Crippen molar-refractivity contribution in [2.45, 2.75) is 6.92 Å². The van der Waals surface area contributed by atoms with Gasteiger partial charge in [-0.1, -0.05) is 6.07 Å². The fraction of sp³-hybridized carbons (Fsp3) is 0.0667. The molecule has 2 aromatic rings. The Hall–Kier alpha value is -3.40. The smallest absolute Gasteiger partial charge is 0.271 e. The molecule has 2 aromatic carbocycles. The summed E-state index contributed by atoms with van der Waals surface area (Å²) in [6.45, 7) is 1.39. The molecule has 0 aliphatic carbocycles. The molecular formula is C15H11N3O4. The van der Waals surface area contributed by atoms with Crippen LogP contribution in [0.1, 0.15) is 12.5 Å². The van der Waals surface area contributed by atoms with Gasteiger partial charge in [0.25, 0.3) is 5.69 Å². The van der Waals surface area contributed by atoms with Crippen LogP contribution in [0.25, 0.3) is 0 Å². The van der Waals surface area contributed by atoms with Gasteiger partial charge in [0.1, 0.15) is 23.1 Å². The first kappa shape index (κ1) is 15.0. The van der Waals surface area contributed by atoms with E-state index in [4.69, 9.17) is 10.00 Å². The molecule has 0 unspecified atom stereocenters. The number of carbonyl (C=O) groups excluding carboxylic acids is 1. The molecule has 0 spiro atoms. The minimum Gasteiger partial charge on any atom is -0.456 e. The number of ether oxygens (including phenoxy) is 1. The van der Waals surface area contributed by atoms with Crippen molar-refractivity contribution >= 4 is 17.3 Å². The zero-order chi connectivity index (χ0) is 16.1. The van der Waals surface area contributed by atoms with Crippen molar-refractivity contribution in [1.29, 1.82) is 5.26 Å². The van der Waals surface area contributed by atoms with E-state index in [0.29, 0.717) is 11.4 Å². The van der Waals surface area contributed by atoms with Crippen LogP contribution in [0.5, 0.6) is 11.5 Å². The van der Waals surface area contributed by atoms with Crippen molar-refractivity contribution in [2.24, 2.45) is 0 Å². The Morgan fingerprint density at radius 2 is 2.09 bits per heavy atom. The quantitative estimate of drug-likeness (QED) is 0.689. The van der Waals surface area contributed by atoms with Crippen LogP contribution in [0, 0.1) is 21.4 Å². The van der Waals surface area contributed by atoms with E-state index in [1.54, 1.807) is 24.3 Å². The van der Waals surface area contributed by atoms with Gasteiger partial charge in [-0.2, -0.15) is 5.26 Å². The number of non-ortho nitro benzene ring substituents is 1. The van der Waals surface area contributed by atoms with Gasteiger partial charge in [-0.3, -0.25) is 14.9 Å². The highest BCUT2D eigenvalue weighted by atomic mass is 16.6. The third kappa shape index (κ3) is 3.58. The predicted octanol–water partition coefficient (Wildman–Crippen LogP) is 3.22. The molecule has 0 aromatic heterocycles. The van der Waals surface area contributed by atoms with Crippen molar-refractivity contribution < 1.29 is 14.5 Å². The van der Waals surface area contributed by atoms with Crippen LogP contribution >= 0.6 is 0 Å². The second-order valence-electron chi connectivity index (χ2n) is 4.36. The lowest BCUT2D eigenvalue weighted by Crippen LogP contribution is -2.05. The van der Waals surface area contributed by atoms with Crippen molar-refractivity contribution in [3.8, 4) is 17.6 Å². The number of hydrogen-bond donors (Lipinski definition) is 1. The summed E-state index contributed by atoms with van der Waals surface area (Å²) in [5.74, 6) is 0.384.